The maximum atomic E-state index is 14.6. The van der Waals surface area contributed by atoms with Crippen molar-refractivity contribution in [1.82, 2.24) is 13.4 Å². The number of anilines is 1. The Hall–Kier alpha value is -4.13. The summed E-state index contributed by atoms with van der Waals surface area (Å²) in [5.41, 5.74) is 5.80. The van der Waals surface area contributed by atoms with Crippen LogP contribution in [0.15, 0.2) is 93.3 Å². The predicted octanol–water partition coefficient (Wildman–Crippen LogP) is 2.86. The molecule has 1 saturated heterocycles. The normalized spacial score (nSPS) is 15.1. The lowest BCUT2D eigenvalue weighted by atomic mass is 10.1. The molecule has 1 aliphatic rings. The zero-order valence-corrected chi connectivity index (χ0v) is 23.8. The Morgan fingerprint density at radius 2 is 1.38 bits per heavy atom. The molecule has 220 valence electrons. The summed E-state index contributed by atoms with van der Waals surface area (Å²) >= 11 is 0. The number of sulfonamides is 1. The zero-order chi connectivity index (χ0) is 30.0. The van der Waals surface area contributed by atoms with E-state index >= 15 is 0 Å². The van der Waals surface area contributed by atoms with Crippen molar-refractivity contribution in [3.63, 3.8) is 0 Å². The highest BCUT2D eigenvalue weighted by atomic mass is 32.2. The van der Waals surface area contributed by atoms with Gasteiger partial charge in [-0.3, -0.25) is 13.9 Å². The molecular formula is C30H31F2N5O4S. The second-order valence-electron chi connectivity index (χ2n) is 10.1. The molecule has 0 aliphatic carbocycles. The average Bonchev–Trinajstić information content (AvgIpc) is 3.00. The maximum Gasteiger partial charge on any atom is 0.331 e. The molecule has 9 nitrogen and oxygen atoms in total. The van der Waals surface area contributed by atoms with Crippen LogP contribution in [0.3, 0.4) is 0 Å². The first kappa shape index (κ1) is 29.4. The molecule has 0 saturated carbocycles. The Morgan fingerprint density at radius 3 is 1.98 bits per heavy atom. The molecular weight excluding hydrogens is 564 g/mol. The van der Waals surface area contributed by atoms with Crippen molar-refractivity contribution in [1.29, 1.82) is 0 Å². The Balaban J connectivity index is 1.54. The van der Waals surface area contributed by atoms with Crippen molar-refractivity contribution >= 4 is 15.7 Å². The summed E-state index contributed by atoms with van der Waals surface area (Å²) in [6.45, 7) is 1.46. The van der Waals surface area contributed by atoms with Crippen molar-refractivity contribution in [2.75, 3.05) is 31.1 Å². The highest BCUT2D eigenvalue weighted by molar-refractivity contribution is 7.89. The van der Waals surface area contributed by atoms with Gasteiger partial charge in [0.2, 0.25) is 10.0 Å². The van der Waals surface area contributed by atoms with Gasteiger partial charge in [-0.1, -0.05) is 54.6 Å². The standard InChI is InChI=1S/C30H31F2N5O4S/c1-21-28(34-15-17-35(18-16-34)42(40,41)23-11-6-3-7-12-23)29(38)37(20-27(33)22-9-4-2-5-10-22)30(39)36(21)19-24-25(31)13-8-14-26(24)32/h2-14,27H,15-20,33H2,1H3/t27-/m1/s1. The van der Waals surface area contributed by atoms with E-state index in [4.69, 9.17) is 5.73 Å². The quantitative estimate of drug-likeness (QED) is 0.336. The third-order valence-electron chi connectivity index (χ3n) is 7.58. The Kier molecular flexibility index (Phi) is 8.39. The van der Waals surface area contributed by atoms with Gasteiger partial charge >= 0.3 is 5.69 Å². The van der Waals surface area contributed by atoms with Crippen LogP contribution in [0.25, 0.3) is 0 Å². The molecule has 1 aromatic heterocycles. The van der Waals surface area contributed by atoms with Crippen LogP contribution in [0.1, 0.15) is 22.9 Å². The van der Waals surface area contributed by atoms with Gasteiger partial charge in [0.15, 0.2) is 0 Å². The minimum atomic E-state index is -3.74. The summed E-state index contributed by atoms with van der Waals surface area (Å²) in [5, 5.41) is 0. The van der Waals surface area contributed by atoms with Crippen molar-refractivity contribution < 1.29 is 17.2 Å². The van der Waals surface area contributed by atoms with Crippen LogP contribution < -0.4 is 21.9 Å². The number of piperazine rings is 1. The summed E-state index contributed by atoms with van der Waals surface area (Å²) in [4.78, 5) is 29.5. The summed E-state index contributed by atoms with van der Waals surface area (Å²) in [6, 6.07) is 19.8. The van der Waals surface area contributed by atoms with Gasteiger partial charge in [0.25, 0.3) is 5.56 Å². The first-order chi connectivity index (χ1) is 20.1. The lowest BCUT2D eigenvalue weighted by Gasteiger charge is -2.36. The second-order valence-corrected chi connectivity index (χ2v) is 12.1. The Bertz CT molecular complexity index is 1780. The average molecular weight is 596 g/mol. The molecule has 0 radical (unpaired) electrons. The highest BCUT2D eigenvalue weighted by Gasteiger charge is 2.31. The molecule has 3 aromatic carbocycles. The zero-order valence-electron chi connectivity index (χ0n) is 23.0. The minimum absolute atomic E-state index is 0.0979. The molecule has 1 aliphatic heterocycles. The lowest BCUT2D eigenvalue weighted by molar-refractivity contribution is 0.382. The molecule has 4 aromatic rings. The first-order valence-corrected chi connectivity index (χ1v) is 14.9. The van der Waals surface area contributed by atoms with E-state index in [-0.39, 0.29) is 54.6 Å². The van der Waals surface area contributed by atoms with Gasteiger partial charge in [-0.15, -0.1) is 0 Å². The van der Waals surface area contributed by atoms with Gasteiger partial charge in [0.05, 0.1) is 18.0 Å². The molecule has 2 heterocycles. The molecule has 0 amide bonds. The van der Waals surface area contributed by atoms with Crippen LogP contribution in [-0.4, -0.2) is 48.0 Å². The fourth-order valence-electron chi connectivity index (χ4n) is 5.24. The smallest absolute Gasteiger partial charge is 0.331 e. The third kappa shape index (κ3) is 5.65. The molecule has 42 heavy (non-hydrogen) atoms. The molecule has 0 bridgehead atoms. The monoisotopic (exact) mass is 595 g/mol. The largest absolute Gasteiger partial charge is 0.363 e. The fraction of sp³-hybridized carbons (Fsp3) is 0.267. The van der Waals surface area contributed by atoms with E-state index in [2.05, 4.69) is 0 Å². The van der Waals surface area contributed by atoms with E-state index in [1.165, 1.54) is 27.1 Å². The first-order valence-electron chi connectivity index (χ1n) is 13.5. The number of benzene rings is 3. The van der Waals surface area contributed by atoms with Crippen LogP contribution in [0.4, 0.5) is 14.5 Å². The van der Waals surface area contributed by atoms with Crippen LogP contribution in [-0.2, 0) is 23.1 Å². The number of nitrogens with two attached hydrogens (primary N) is 1. The van der Waals surface area contributed by atoms with Gasteiger partial charge in [0, 0.05) is 43.5 Å². The summed E-state index contributed by atoms with van der Waals surface area (Å²) < 4.78 is 59.1. The molecule has 5 rings (SSSR count). The maximum absolute atomic E-state index is 14.6. The molecule has 12 heteroatoms. The van der Waals surface area contributed by atoms with Gasteiger partial charge in [-0.2, -0.15) is 4.31 Å². The predicted molar refractivity (Wildman–Crippen MR) is 156 cm³/mol. The van der Waals surface area contributed by atoms with E-state index < -0.39 is 45.5 Å². The molecule has 0 spiro atoms. The van der Waals surface area contributed by atoms with Crippen LogP contribution in [0, 0.1) is 18.6 Å². The third-order valence-corrected chi connectivity index (χ3v) is 9.49. The Labute approximate surface area is 242 Å². The van der Waals surface area contributed by atoms with Crippen molar-refractivity contribution in [3.05, 3.63) is 128 Å². The highest BCUT2D eigenvalue weighted by Crippen LogP contribution is 2.23. The molecule has 1 atom stereocenters. The van der Waals surface area contributed by atoms with Crippen molar-refractivity contribution in [2.45, 2.75) is 31.0 Å². The van der Waals surface area contributed by atoms with Crippen molar-refractivity contribution in [2.24, 2.45) is 5.73 Å². The second kappa shape index (κ2) is 12.0. The summed E-state index contributed by atoms with van der Waals surface area (Å²) in [7, 11) is -3.74. The van der Waals surface area contributed by atoms with Crippen LogP contribution in [0.2, 0.25) is 0 Å². The number of hydrogen-bond donors (Lipinski definition) is 1. The SMILES string of the molecule is Cc1c(N2CCN(S(=O)(=O)c3ccccc3)CC2)c(=O)n(C[C@@H](N)c2ccccc2)c(=O)n1Cc1c(F)cccc1F. The topological polar surface area (TPSA) is 111 Å². The minimum Gasteiger partial charge on any atom is -0.363 e. The van der Waals surface area contributed by atoms with E-state index in [1.807, 2.05) is 6.07 Å². The van der Waals surface area contributed by atoms with E-state index in [1.54, 1.807) is 54.3 Å². The van der Waals surface area contributed by atoms with E-state index in [0.29, 0.717) is 5.56 Å². The van der Waals surface area contributed by atoms with Gasteiger partial charge in [-0.25, -0.2) is 22.0 Å². The molecule has 0 unspecified atom stereocenters. The number of rotatable bonds is 8. The van der Waals surface area contributed by atoms with Crippen molar-refractivity contribution in [3.8, 4) is 0 Å². The summed E-state index contributed by atoms with van der Waals surface area (Å²) in [5.74, 6) is -1.64. The fourth-order valence-corrected chi connectivity index (χ4v) is 6.68. The van der Waals surface area contributed by atoms with Gasteiger partial charge < -0.3 is 10.6 Å². The molecule has 2 N–H and O–H groups in total. The number of halogens is 2. The molecule has 1 fully saturated rings. The number of nitrogens with zero attached hydrogens (tertiary/aromatic N) is 4. The Morgan fingerprint density at radius 1 is 0.810 bits per heavy atom. The number of hydrogen-bond acceptors (Lipinski definition) is 6. The summed E-state index contributed by atoms with van der Waals surface area (Å²) in [6.07, 6.45) is 0. The number of aromatic nitrogens is 2. The van der Waals surface area contributed by atoms with Gasteiger partial charge in [0.1, 0.15) is 17.3 Å². The van der Waals surface area contributed by atoms with Crippen LogP contribution in [0.5, 0.6) is 0 Å². The van der Waals surface area contributed by atoms with Gasteiger partial charge in [-0.05, 0) is 36.8 Å². The van der Waals surface area contributed by atoms with E-state index in [0.717, 1.165) is 16.7 Å². The van der Waals surface area contributed by atoms with Crippen LogP contribution >= 0.6 is 0 Å². The van der Waals surface area contributed by atoms with E-state index in [9.17, 15) is 26.8 Å². The lowest BCUT2D eigenvalue weighted by Crippen LogP contribution is -2.52.